The second kappa shape index (κ2) is 5.48. The van der Waals surface area contributed by atoms with Crippen LogP contribution in [0.25, 0.3) is 0 Å². The van der Waals surface area contributed by atoms with Gasteiger partial charge in [0.25, 0.3) is 5.69 Å². The normalized spacial score (nSPS) is 15.8. The Morgan fingerprint density at radius 2 is 2.17 bits per heavy atom. The molecule has 1 aromatic rings. The standard InChI is InChI=1S/C12H13BrN2O3/c13-10-5-4-9(7-11(10)15(17)18)8-14-6-2-1-3-12(14)16/h4-5,7H,1-3,6,8H2. The lowest BCUT2D eigenvalue weighted by Crippen LogP contribution is -2.34. The summed E-state index contributed by atoms with van der Waals surface area (Å²) in [4.78, 5) is 23.8. The van der Waals surface area contributed by atoms with Crippen LogP contribution in [0.2, 0.25) is 0 Å². The second-order valence-corrected chi connectivity index (χ2v) is 5.17. The van der Waals surface area contributed by atoms with E-state index in [0.717, 1.165) is 24.9 Å². The number of rotatable bonds is 3. The molecular formula is C12H13BrN2O3. The Kier molecular flexibility index (Phi) is 3.96. The van der Waals surface area contributed by atoms with Crippen LogP contribution in [0.5, 0.6) is 0 Å². The summed E-state index contributed by atoms with van der Waals surface area (Å²) in [6.45, 7) is 1.19. The van der Waals surface area contributed by atoms with Gasteiger partial charge in [-0.2, -0.15) is 0 Å². The van der Waals surface area contributed by atoms with E-state index in [1.165, 1.54) is 6.07 Å². The minimum atomic E-state index is -0.425. The van der Waals surface area contributed by atoms with Crippen molar-refractivity contribution in [3.8, 4) is 0 Å². The lowest BCUT2D eigenvalue weighted by molar-refractivity contribution is -0.385. The summed E-state index contributed by atoms with van der Waals surface area (Å²) in [5.74, 6) is 0.131. The first-order chi connectivity index (χ1) is 8.58. The number of carbonyl (C=O) groups excluding carboxylic acids is 1. The molecule has 1 saturated heterocycles. The molecule has 0 unspecified atom stereocenters. The van der Waals surface area contributed by atoms with Crippen LogP contribution in [0, 0.1) is 10.1 Å². The van der Waals surface area contributed by atoms with Crippen molar-refractivity contribution in [2.24, 2.45) is 0 Å². The van der Waals surface area contributed by atoms with Crippen LogP contribution >= 0.6 is 15.9 Å². The zero-order valence-corrected chi connectivity index (χ0v) is 11.4. The molecule has 1 aliphatic heterocycles. The monoisotopic (exact) mass is 312 g/mol. The molecule has 1 aromatic carbocycles. The number of likely N-dealkylation sites (tertiary alicyclic amines) is 1. The Labute approximate surface area is 113 Å². The van der Waals surface area contributed by atoms with Gasteiger partial charge >= 0.3 is 0 Å². The van der Waals surface area contributed by atoms with E-state index < -0.39 is 4.92 Å². The molecule has 1 amide bonds. The Morgan fingerprint density at radius 1 is 1.39 bits per heavy atom. The third-order valence-corrected chi connectivity index (χ3v) is 3.67. The van der Waals surface area contributed by atoms with Gasteiger partial charge in [-0.15, -0.1) is 0 Å². The highest BCUT2D eigenvalue weighted by Gasteiger charge is 2.19. The molecule has 2 rings (SSSR count). The average Bonchev–Trinajstić information content (AvgIpc) is 2.34. The first kappa shape index (κ1) is 13.0. The maximum absolute atomic E-state index is 11.7. The Balaban J connectivity index is 2.16. The number of nitro groups is 1. The third kappa shape index (κ3) is 2.87. The maximum Gasteiger partial charge on any atom is 0.283 e. The summed E-state index contributed by atoms with van der Waals surface area (Å²) in [6.07, 6.45) is 2.53. The lowest BCUT2D eigenvalue weighted by atomic mass is 10.1. The predicted molar refractivity (Wildman–Crippen MR) is 70.1 cm³/mol. The number of nitro benzene ring substituents is 1. The molecule has 0 bridgehead atoms. The highest BCUT2D eigenvalue weighted by molar-refractivity contribution is 9.10. The maximum atomic E-state index is 11.7. The molecule has 1 aliphatic rings. The molecule has 0 N–H and O–H groups in total. The SMILES string of the molecule is O=C1CCCCN1Cc1ccc(Br)c([N+](=O)[O-])c1. The molecular weight excluding hydrogens is 300 g/mol. The molecule has 5 nitrogen and oxygen atoms in total. The molecule has 18 heavy (non-hydrogen) atoms. The van der Waals surface area contributed by atoms with Crippen molar-refractivity contribution in [3.05, 3.63) is 38.3 Å². The summed E-state index contributed by atoms with van der Waals surface area (Å²) >= 11 is 3.15. The van der Waals surface area contributed by atoms with Gasteiger partial charge in [0.1, 0.15) is 0 Å². The van der Waals surface area contributed by atoms with Crippen LogP contribution in [-0.4, -0.2) is 22.3 Å². The van der Waals surface area contributed by atoms with E-state index in [1.807, 2.05) is 0 Å². The largest absolute Gasteiger partial charge is 0.338 e. The molecule has 0 aliphatic carbocycles. The third-order valence-electron chi connectivity index (χ3n) is 3.00. The van der Waals surface area contributed by atoms with E-state index in [9.17, 15) is 14.9 Å². The van der Waals surface area contributed by atoms with Crippen molar-refractivity contribution in [1.82, 2.24) is 4.90 Å². The van der Waals surface area contributed by atoms with Crippen molar-refractivity contribution in [1.29, 1.82) is 0 Å². The van der Waals surface area contributed by atoms with Gasteiger partial charge in [0.2, 0.25) is 5.91 Å². The molecule has 1 fully saturated rings. The van der Waals surface area contributed by atoms with E-state index in [0.29, 0.717) is 17.4 Å². The smallest absolute Gasteiger partial charge is 0.283 e. The number of hydrogen-bond donors (Lipinski definition) is 0. The van der Waals surface area contributed by atoms with Gasteiger partial charge < -0.3 is 4.90 Å². The number of amides is 1. The summed E-state index contributed by atoms with van der Waals surface area (Å²) in [5, 5.41) is 10.8. The first-order valence-electron chi connectivity index (χ1n) is 5.78. The van der Waals surface area contributed by atoms with Gasteiger partial charge in [0.05, 0.1) is 9.40 Å². The lowest BCUT2D eigenvalue weighted by Gasteiger charge is -2.26. The average molecular weight is 313 g/mol. The van der Waals surface area contributed by atoms with Crippen LogP contribution in [0.1, 0.15) is 24.8 Å². The van der Waals surface area contributed by atoms with Crippen LogP contribution in [0.3, 0.4) is 0 Å². The number of hydrogen-bond acceptors (Lipinski definition) is 3. The Morgan fingerprint density at radius 3 is 2.83 bits per heavy atom. The highest BCUT2D eigenvalue weighted by atomic mass is 79.9. The van der Waals surface area contributed by atoms with Crippen molar-refractivity contribution in [2.75, 3.05) is 6.54 Å². The van der Waals surface area contributed by atoms with Crippen LogP contribution in [0.15, 0.2) is 22.7 Å². The molecule has 96 valence electrons. The molecule has 0 atom stereocenters. The first-order valence-corrected chi connectivity index (χ1v) is 6.58. The Hall–Kier alpha value is -1.43. The van der Waals surface area contributed by atoms with Crippen molar-refractivity contribution in [3.63, 3.8) is 0 Å². The fourth-order valence-corrected chi connectivity index (χ4v) is 2.44. The molecule has 0 saturated carbocycles. The highest BCUT2D eigenvalue weighted by Crippen LogP contribution is 2.26. The fourth-order valence-electron chi connectivity index (χ4n) is 2.05. The Bertz CT molecular complexity index is 490. The summed E-state index contributed by atoms with van der Waals surface area (Å²) in [5.41, 5.74) is 0.831. The van der Waals surface area contributed by atoms with Crippen LogP contribution < -0.4 is 0 Å². The van der Waals surface area contributed by atoms with Gasteiger partial charge in [0.15, 0.2) is 0 Å². The van der Waals surface area contributed by atoms with Crippen molar-refractivity contribution in [2.45, 2.75) is 25.8 Å². The van der Waals surface area contributed by atoms with E-state index in [-0.39, 0.29) is 11.6 Å². The minimum Gasteiger partial charge on any atom is -0.338 e. The summed E-state index contributed by atoms with van der Waals surface area (Å²) in [6, 6.07) is 4.98. The van der Waals surface area contributed by atoms with Gasteiger partial charge in [-0.3, -0.25) is 14.9 Å². The molecule has 6 heteroatoms. The van der Waals surface area contributed by atoms with Crippen LogP contribution in [-0.2, 0) is 11.3 Å². The summed E-state index contributed by atoms with van der Waals surface area (Å²) < 4.78 is 0.459. The number of benzene rings is 1. The molecule has 1 heterocycles. The fraction of sp³-hybridized carbons (Fsp3) is 0.417. The topological polar surface area (TPSA) is 63.5 Å². The second-order valence-electron chi connectivity index (χ2n) is 4.32. The minimum absolute atomic E-state index is 0.0389. The molecule has 0 radical (unpaired) electrons. The molecule has 0 aromatic heterocycles. The molecule has 0 spiro atoms. The number of nitrogens with zero attached hydrogens (tertiary/aromatic N) is 2. The van der Waals surface area contributed by atoms with Crippen molar-refractivity contribution >= 4 is 27.5 Å². The van der Waals surface area contributed by atoms with Crippen LogP contribution in [0.4, 0.5) is 5.69 Å². The predicted octanol–water partition coefficient (Wildman–Crippen LogP) is 2.87. The van der Waals surface area contributed by atoms with Gasteiger partial charge in [-0.25, -0.2) is 0 Å². The zero-order valence-electron chi connectivity index (χ0n) is 9.76. The van der Waals surface area contributed by atoms with Gasteiger partial charge in [-0.1, -0.05) is 6.07 Å². The van der Waals surface area contributed by atoms with E-state index >= 15 is 0 Å². The number of carbonyl (C=O) groups is 1. The van der Waals surface area contributed by atoms with E-state index in [2.05, 4.69) is 15.9 Å². The van der Waals surface area contributed by atoms with Gasteiger partial charge in [0, 0.05) is 25.6 Å². The number of halogens is 1. The van der Waals surface area contributed by atoms with E-state index in [4.69, 9.17) is 0 Å². The summed E-state index contributed by atoms with van der Waals surface area (Å²) in [7, 11) is 0. The van der Waals surface area contributed by atoms with E-state index in [1.54, 1.807) is 17.0 Å². The van der Waals surface area contributed by atoms with Gasteiger partial charge in [-0.05, 0) is 40.4 Å². The van der Waals surface area contributed by atoms with Crippen molar-refractivity contribution < 1.29 is 9.72 Å². The zero-order chi connectivity index (χ0) is 13.1. The number of piperidine rings is 1. The quantitative estimate of drug-likeness (QED) is 0.637.